The molecule has 1 atom stereocenters. The molecule has 0 N–H and O–H groups in total. The van der Waals surface area contributed by atoms with E-state index in [0.717, 1.165) is 10.5 Å². The van der Waals surface area contributed by atoms with Crippen molar-refractivity contribution in [1.82, 2.24) is 4.90 Å². The van der Waals surface area contributed by atoms with Gasteiger partial charge in [-0.05, 0) is 29.3 Å². The molecule has 30 heavy (non-hydrogen) atoms. The quantitative estimate of drug-likeness (QED) is 0.593. The van der Waals surface area contributed by atoms with Gasteiger partial charge in [-0.1, -0.05) is 58.4 Å². The van der Waals surface area contributed by atoms with Crippen LogP contribution in [0.4, 0.5) is 0 Å². The number of imide groups is 1. The second-order valence-corrected chi connectivity index (χ2v) is 7.64. The van der Waals surface area contributed by atoms with Crippen LogP contribution in [0.2, 0.25) is 0 Å². The van der Waals surface area contributed by atoms with E-state index in [1.165, 1.54) is 6.08 Å². The van der Waals surface area contributed by atoms with E-state index in [1.54, 1.807) is 61.7 Å². The van der Waals surface area contributed by atoms with Gasteiger partial charge in [0.25, 0.3) is 0 Å². The second-order valence-electron chi connectivity index (χ2n) is 6.78. The zero-order chi connectivity index (χ0) is 21.7. The Balaban J connectivity index is 2.16. The number of halogens is 1. The number of carbonyl (C=O) groups is 2. The highest BCUT2D eigenvalue weighted by molar-refractivity contribution is 9.15. The Morgan fingerprint density at radius 2 is 1.63 bits per heavy atom. The van der Waals surface area contributed by atoms with Crippen LogP contribution in [-0.4, -0.2) is 23.8 Å². The molecular weight excluding hydrogens is 446 g/mol. The van der Waals surface area contributed by atoms with Crippen LogP contribution in [0.25, 0.3) is 4.48 Å². The molecule has 1 aliphatic rings. The normalized spacial score (nSPS) is 15.5. The highest BCUT2D eigenvalue weighted by Gasteiger charge is 2.48. The number of carbonyl (C=O) groups excluding carboxylic acids is 2. The Morgan fingerprint density at radius 1 is 1.07 bits per heavy atom. The first-order chi connectivity index (χ1) is 14.5. The largest absolute Gasteiger partial charge is 0.497 e. The summed E-state index contributed by atoms with van der Waals surface area (Å²) in [4.78, 5) is 26.2. The standard InChI is InChI=1S/C23H18BrN3O3/c1-30-18-9-7-16(8-10-18)19(24)13-23(14-25,15-26)22(17-5-3-2-4-6-17)27-20(28)11-12-21(27)29/h2-10,13,22H,11-12H2,1H3. The van der Waals surface area contributed by atoms with Crippen LogP contribution in [-0.2, 0) is 9.59 Å². The van der Waals surface area contributed by atoms with E-state index >= 15 is 0 Å². The molecule has 150 valence electrons. The van der Waals surface area contributed by atoms with Crippen LogP contribution < -0.4 is 4.74 Å². The first kappa shape index (κ1) is 21.3. The van der Waals surface area contributed by atoms with Crippen LogP contribution in [0.3, 0.4) is 0 Å². The molecule has 2 aromatic carbocycles. The van der Waals surface area contributed by atoms with Gasteiger partial charge in [0.1, 0.15) is 11.8 Å². The maximum Gasteiger partial charge on any atom is 0.230 e. The van der Waals surface area contributed by atoms with E-state index in [4.69, 9.17) is 4.74 Å². The molecule has 1 unspecified atom stereocenters. The van der Waals surface area contributed by atoms with Crippen LogP contribution >= 0.6 is 15.9 Å². The van der Waals surface area contributed by atoms with Crippen molar-refractivity contribution in [3.8, 4) is 17.9 Å². The second kappa shape index (κ2) is 8.94. The lowest BCUT2D eigenvalue weighted by Crippen LogP contribution is -2.42. The fourth-order valence-corrected chi connectivity index (χ4v) is 4.08. The van der Waals surface area contributed by atoms with Crippen LogP contribution in [0, 0.1) is 28.1 Å². The molecule has 3 rings (SSSR count). The number of nitriles is 2. The molecule has 1 heterocycles. The van der Waals surface area contributed by atoms with Gasteiger partial charge < -0.3 is 4.74 Å². The Hall–Kier alpha value is -3.42. The average molecular weight is 464 g/mol. The number of amides is 2. The minimum absolute atomic E-state index is 0.0679. The Morgan fingerprint density at radius 3 is 2.13 bits per heavy atom. The lowest BCUT2D eigenvalue weighted by Gasteiger charge is -2.34. The van der Waals surface area contributed by atoms with Crippen LogP contribution in [0.1, 0.15) is 30.0 Å². The van der Waals surface area contributed by atoms with Crippen LogP contribution in [0.5, 0.6) is 5.75 Å². The molecule has 0 radical (unpaired) electrons. The van der Waals surface area contributed by atoms with E-state index in [-0.39, 0.29) is 12.8 Å². The lowest BCUT2D eigenvalue weighted by molar-refractivity contribution is -0.142. The van der Waals surface area contributed by atoms with Gasteiger partial charge in [-0.3, -0.25) is 14.5 Å². The monoisotopic (exact) mass is 463 g/mol. The van der Waals surface area contributed by atoms with Gasteiger partial charge in [0.15, 0.2) is 5.41 Å². The Labute approximate surface area is 183 Å². The van der Waals surface area contributed by atoms with Gasteiger partial charge in [-0.25, -0.2) is 0 Å². The molecule has 2 amide bonds. The zero-order valence-electron chi connectivity index (χ0n) is 16.2. The summed E-state index contributed by atoms with van der Waals surface area (Å²) in [5.41, 5.74) is -0.539. The number of ether oxygens (including phenoxy) is 1. The van der Waals surface area contributed by atoms with Crippen molar-refractivity contribution >= 4 is 32.2 Å². The number of methoxy groups -OCH3 is 1. The van der Waals surface area contributed by atoms with Crippen molar-refractivity contribution in [2.24, 2.45) is 5.41 Å². The molecule has 0 saturated carbocycles. The SMILES string of the molecule is COc1ccc(C(Br)=CC(C#N)(C#N)C(c2ccccc2)N2C(=O)CCC2=O)cc1. The number of hydrogen-bond acceptors (Lipinski definition) is 5. The minimum atomic E-state index is -1.80. The summed E-state index contributed by atoms with van der Waals surface area (Å²) >= 11 is 3.46. The van der Waals surface area contributed by atoms with Gasteiger partial charge in [-0.2, -0.15) is 10.5 Å². The first-order valence-electron chi connectivity index (χ1n) is 9.21. The number of nitrogens with zero attached hydrogens (tertiary/aromatic N) is 3. The number of hydrogen-bond donors (Lipinski definition) is 0. The van der Waals surface area contributed by atoms with E-state index in [1.807, 2.05) is 0 Å². The van der Waals surface area contributed by atoms with Crippen molar-refractivity contribution in [3.05, 3.63) is 71.8 Å². The molecule has 2 aromatic rings. The molecule has 6 nitrogen and oxygen atoms in total. The summed E-state index contributed by atoms with van der Waals surface area (Å²) in [6.45, 7) is 0. The third kappa shape index (κ3) is 3.98. The zero-order valence-corrected chi connectivity index (χ0v) is 17.8. The molecule has 7 heteroatoms. The molecule has 1 fully saturated rings. The van der Waals surface area contributed by atoms with Gasteiger partial charge in [0.05, 0.1) is 19.2 Å². The maximum atomic E-state index is 12.5. The molecule has 0 aliphatic carbocycles. The predicted molar refractivity (Wildman–Crippen MR) is 114 cm³/mol. The van der Waals surface area contributed by atoms with Crippen molar-refractivity contribution < 1.29 is 14.3 Å². The Kier molecular flexibility index (Phi) is 6.34. The van der Waals surface area contributed by atoms with Crippen molar-refractivity contribution in [2.75, 3.05) is 7.11 Å². The van der Waals surface area contributed by atoms with Crippen molar-refractivity contribution in [1.29, 1.82) is 10.5 Å². The van der Waals surface area contributed by atoms with E-state index in [9.17, 15) is 20.1 Å². The third-order valence-corrected chi connectivity index (χ3v) is 5.67. The Bertz CT molecular complexity index is 1040. The fraction of sp³-hybridized carbons (Fsp3) is 0.217. The minimum Gasteiger partial charge on any atom is -0.497 e. The maximum absolute atomic E-state index is 12.5. The third-order valence-electron chi connectivity index (χ3n) is 4.99. The summed E-state index contributed by atoms with van der Waals surface area (Å²) < 4.78 is 5.65. The van der Waals surface area contributed by atoms with Gasteiger partial charge in [0.2, 0.25) is 11.8 Å². The van der Waals surface area contributed by atoms with E-state index in [0.29, 0.717) is 15.8 Å². The summed E-state index contributed by atoms with van der Waals surface area (Å²) in [7, 11) is 1.56. The molecule has 0 spiro atoms. The summed E-state index contributed by atoms with van der Waals surface area (Å²) in [6, 6.07) is 18.8. The van der Waals surface area contributed by atoms with Crippen molar-refractivity contribution in [3.63, 3.8) is 0 Å². The highest BCUT2D eigenvalue weighted by Crippen LogP contribution is 2.44. The summed E-state index contributed by atoms with van der Waals surface area (Å²) in [5.74, 6) is -0.114. The van der Waals surface area contributed by atoms with Crippen LogP contribution in [0.15, 0.2) is 60.7 Å². The summed E-state index contributed by atoms with van der Waals surface area (Å²) in [5, 5.41) is 20.2. The number of benzene rings is 2. The van der Waals surface area contributed by atoms with E-state index < -0.39 is 23.3 Å². The topological polar surface area (TPSA) is 94.2 Å². The van der Waals surface area contributed by atoms with Gasteiger partial charge >= 0.3 is 0 Å². The van der Waals surface area contributed by atoms with E-state index in [2.05, 4.69) is 28.1 Å². The molecular formula is C23H18BrN3O3. The van der Waals surface area contributed by atoms with Gasteiger partial charge in [0, 0.05) is 17.3 Å². The molecule has 0 bridgehead atoms. The van der Waals surface area contributed by atoms with Crippen molar-refractivity contribution in [2.45, 2.75) is 18.9 Å². The lowest BCUT2D eigenvalue weighted by atomic mass is 9.77. The number of rotatable bonds is 6. The molecule has 1 saturated heterocycles. The predicted octanol–water partition coefficient (Wildman–Crippen LogP) is 4.35. The fourth-order valence-electron chi connectivity index (χ4n) is 3.46. The molecule has 1 aliphatic heterocycles. The summed E-state index contributed by atoms with van der Waals surface area (Å²) in [6.07, 6.45) is 1.60. The first-order valence-corrected chi connectivity index (χ1v) is 10.00. The van der Waals surface area contributed by atoms with Gasteiger partial charge in [-0.15, -0.1) is 0 Å². The number of likely N-dealkylation sites (tertiary alicyclic amines) is 1. The molecule has 0 aromatic heterocycles. The smallest absolute Gasteiger partial charge is 0.230 e. The average Bonchev–Trinajstić information content (AvgIpc) is 3.11. The highest BCUT2D eigenvalue weighted by atomic mass is 79.9.